The van der Waals surface area contributed by atoms with Crippen molar-refractivity contribution < 1.29 is 10.0 Å². The van der Waals surface area contributed by atoms with E-state index in [4.69, 9.17) is 0 Å². The number of aliphatic hydroxyl groups excluding tert-OH is 1. The highest BCUT2D eigenvalue weighted by molar-refractivity contribution is 5.51. The van der Waals surface area contributed by atoms with Crippen LogP contribution in [0.2, 0.25) is 0 Å². The van der Waals surface area contributed by atoms with Crippen LogP contribution in [0.3, 0.4) is 0 Å². The zero-order chi connectivity index (χ0) is 15.4. The number of anilines is 1. The SMILES string of the molecule is Cc1ccc(NCC(O)Cn2cc([N+](=O)[O-])cn2)c(C)c1. The molecule has 0 saturated carbocycles. The van der Waals surface area contributed by atoms with E-state index < -0.39 is 11.0 Å². The van der Waals surface area contributed by atoms with Crippen LogP contribution in [0.1, 0.15) is 11.1 Å². The Kier molecular flexibility index (Phi) is 4.54. The molecule has 0 amide bonds. The molecule has 1 heterocycles. The van der Waals surface area contributed by atoms with Crippen LogP contribution in [-0.2, 0) is 6.54 Å². The van der Waals surface area contributed by atoms with Crippen LogP contribution < -0.4 is 5.32 Å². The van der Waals surface area contributed by atoms with Crippen LogP contribution in [0.4, 0.5) is 11.4 Å². The Bertz CT molecular complexity index is 639. The van der Waals surface area contributed by atoms with Gasteiger partial charge < -0.3 is 10.4 Å². The summed E-state index contributed by atoms with van der Waals surface area (Å²) in [6, 6.07) is 6.03. The smallest absolute Gasteiger partial charge is 0.306 e. The fourth-order valence-electron chi connectivity index (χ4n) is 2.07. The van der Waals surface area contributed by atoms with Crippen molar-refractivity contribution in [2.75, 3.05) is 11.9 Å². The molecule has 0 aliphatic heterocycles. The molecular weight excluding hydrogens is 272 g/mol. The molecule has 2 rings (SSSR count). The van der Waals surface area contributed by atoms with Crippen LogP contribution in [-0.4, -0.2) is 32.5 Å². The van der Waals surface area contributed by atoms with Gasteiger partial charge in [0, 0.05) is 12.2 Å². The second-order valence-corrected chi connectivity index (χ2v) is 5.03. The maximum atomic E-state index is 10.6. The third kappa shape index (κ3) is 4.03. The summed E-state index contributed by atoms with van der Waals surface area (Å²) in [5.74, 6) is 0. The van der Waals surface area contributed by atoms with Crippen molar-refractivity contribution in [2.45, 2.75) is 26.5 Å². The first-order valence-corrected chi connectivity index (χ1v) is 6.62. The fraction of sp³-hybridized carbons (Fsp3) is 0.357. The van der Waals surface area contributed by atoms with Crippen molar-refractivity contribution in [3.05, 3.63) is 51.8 Å². The van der Waals surface area contributed by atoms with Crippen LogP contribution in [0, 0.1) is 24.0 Å². The van der Waals surface area contributed by atoms with E-state index in [0.717, 1.165) is 11.3 Å². The van der Waals surface area contributed by atoms with Crippen molar-refractivity contribution >= 4 is 11.4 Å². The second-order valence-electron chi connectivity index (χ2n) is 5.03. The number of aliphatic hydroxyl groups is 1. The van der Waals surface area contributed by atoms with Gasteiger partial charge in [-0.3, -0.25) is 14.8 Å². The summed E-state index contributed by atoms with van der Waals surface area (Å²) in [6.45, 7) is 4.57. The van der Waals surface area contributed by atoms with Gasteiger partial charge in [-0.25, -0.2) is 0 Å². The van der Waals surface area contributed by atoms with E-state index in [0.29, 0.717) is 6.54 Å². The quantitative estimate of drug-likeness (QED) is 0.626. The summed E-state index contributed by atoms with van der Waals surface area (Å²) >= 11 is 0. The highest BCUT2D eigenvalue weighted by Gasteiger charge is 2.12. The van der Waals surface area contributed by atoms with Gasteiger partial charge in [0.15, 0.2) is 0 Å². The number of nitro groups is 1. The van der Waals surface area contributed by atoms with E-state index in [2.05, 4.69) is 16.5 Å². The maximum absolute atomic E-state index is 10.6. The van der Waals surface area contributed by atoms with Gasteiger partial charge in [-0.1, -0.05) is 17.7 Å². The third-order valence-corrected chi connectivity index (χ3v) is 3.14. The predicted molar refractivity (Wildman–Crippen MR) is 79.3 cm³/mol. The molecule has 0 saturated heterocycles. The number of aryl methyl sites for hydroxylation is 2. The lowest BCUT2D eigenvalue weighted by Gasteiger charge is -2.14. The molecule has 0 fully saturated rings. The van der Waals surface area contributed by atoms with Gasteiger partial charge in [0.1, 0.15) is 12.4 Å². The summed E-state index contributed by atoms with van der Waals surface area (Å²) < 4.78 is 1.37. The summed E-state index contributed by atoms with van der Waals surface area (Å²) in [7, 11) is 0. The number of aromatic nitrogens is 2. The topological polar surface area (TPSA) is 93.2 Å². The average Bonchev–Trinajstić information content (AvgIpc) is 2.86. The Balaban J connectivity index is 1.89. The van der Waals surface area contributed by atoms with Crippen LogP contribution in [0.25, 0.3) is 0 Å². The number of hydrogen-bond donors (Lipinski definition) is 2. The molecule has 0 radical (unpaired) electrons. The normalized spacial score (nSPS) is 12.1. The third-order valence-electron chi connectivity index (χ3n) is 3.14. The molecule has 2 aromatic rings. The number of hydrogen-bond acceptors (Lipinski definition) is 5. The summed E-state index contributed by atoms with van der Waals surface area (Å²) in [5, 5.41) is 27.5. The number of rotatable bonds is 6. The molecule has 7 nitrogen and oxygen atoms in total. The highest BCUT2D eigenvalue weighted by atomic mass is 16.6. The Morgan fingerprint density at radius 2 is 2.24 bits per heavy atom. The van der Waals surface area contributed by atoms with Gasteiger partial charge in [-0.15, -0.1) is 0 Å². The summed E-state index contributed by atoms with van der Waals surface area (Å²) in [4.78, 5) is 10.0. The van der Waals surface area contributed by atoms with Gasteiger partial charge in [0.25, 0.3) is 0 Å². The van der Waals surface area contributed by atoms with Crippen molar-refractivity contribution in [1.82, 2.24) is 9.78 Å². The van der Waals surface area contributed by atoms with Gasteiger partial charge in [0.2, 0.25) is 0 Å². The van der Waals surface area contributed by atoms with Crippen molar-refractivity contribution in [2.24, 2.45) is 0 Å². The second kappa shape index (κ2) is 6.36. The lowest BCUT2D eigenvalue weighted by atomic mass is 10.1. The van der Waals surface area contributed by atoms with Crippen molar-refractivity contribution in [3.8, 4) is 0 Å². The first-order valence-electron chi connectivity index (χ1n) is 6.62. The standard InChI is InChI=1S/C14H18N4O3/c1-10-3-4-14(11(2)5-10)15-7-13(19)9-17-8-12(6-16-17)18(20)21/h3-6,8,13,15,19H,7,9H2,1-2H3. The lowest BCUT2D eigenvalue weighted by molar-refractivity contribution is -0.385. The molecule has 1 aromatic heterocycles. The molecule has 0 aliphatic rings. The van der Waals surface area contributed by atoms with E-state index >= 15 is 0 Å². The number of nitrogens with one attached hydrogen (secondary N) is 1. The van der Waals surface area contributed by atoms with E-state index in [1.165, 1.54) is 22.6 Å². The average molecular weight is 290 g/mol. The zero-order valence-corrected chi connectivity index (χ0v) is 12.0. The van der Waals surface area contributed by atoms with Gasteiger partial charge >= 0.3 is 5.69 Å². The molecule has 1 aromatic carbocycles. The molecule has 2 N–H and O–H groups in total. The molecule has 112 valence electrons. The Hall–Kier alpha value is -2.41. The van der Waals surface area contributed by atoms with E-state index in [-0.39, 0.29) is 12.2 Å². The zero-order valence-electron chi connectivity index (χ0n) is 12.0. The Morgan fingerprint density at radius 3 is 2.86 bits per heavy atom. The minimum Gasteiger partial charge on any atom is -0.389 e. The van der Waals surface area contributed by atoms with Crippen LogP contribution in [0.5, 0.6) is 0 Å². The van der Waals surface area contributed by atoms with Crippen molar-refractivity contribution in [3.63, 3.8) is 0 Å². The molecule has 0 spiro atoms. The van der Waals surface area contributed by atoms with E-state index in [9.17, 15) is 15.2 Å². The van der Waals surface area contributed by atoms with Gasteiger partial charge in [-0.2, -0.15) is 5.10 Å². The molecular formula is C14H18N4O3. The largest absolute Gasteiger partial charge is 0.389 e. The molecule has 1 unspecified atom stereocenters. The summed E-state index contributed by atoms with van der Waals surface area (Å²) in [6.07, 6.45) is 1.79. The minimum atomic E-state index is -0.690. The van der Waals surface area contributed by atoms with Crippen LogP contribution in [0.15, 0.2) is 30.6 Å². The summed E-state index contributed by atoms with van der Waals surface area (Å²) in [5.41, 5.74) is 3.18. The Morgan fingerprint density at radius 1 is 1.48 bits per heavy atom. The van der Waals surface area contributed by atoms with Crippen molar-refractivity contribution in [1.29, 1.82) is 0 Å². The molecule has 0 bridgehead atoms. The molecule has 7 heteroatoms. The highest BCUT2D eigenvalue weighted by Crippen LogP contribution is 2.16. The number of nitrogens with zero attached hydrogens (tertiary/aromatic N) is 3. The van der Waals surface area contributed by atoms with E-state index in [1.54, 1.807) is 0 Å². The monoisotopic (exact) mass is 290 g/mol. The molecule has 1 atom stereocenters. The van der Waals surface area contributed by atoms with Gasteiger partial charge in [0.05, 0.1) is 17.6 Å². The number of benzene rings is 1. The first kappa shape index (κ1) is 15.0. The van der Waals surface area contributed by atoms with Gasteiger partial charge in [-0.05, 0) is 25.5 Å². The first-order chi connectivity index (χ1) is 9.95. The Labute approximate surface area is 122 Å². The lowest BCUT2D eigenvalue weighted by Crippen LogP contribution is -2.25. The van der Waals surface area contributed by atoms with E-state index in [1.807, 2.05) is 26.0 Å². The predicted octanol–water partition coefficient (Wildman–Crippen LogP) is 1.88. The minimum absolute atomic E-state index is 0.0791. The maximum Gasteiger partial charge on any atom is 0.306 e. The molecule has 21 heavy (non-hydrogen) atoms. The molecule has 0 aliphatic carbocycles. The van der Waals surface area contributed by atoms with Crippen LogP contribution >= 0.6 is 0 Å². The fourth-order valence-corrected chi connectivity index (χ4v) is 2.07.